The molecule has 0 aliphatic carbocycles. The predicted octanol–water partition coefficient (Wildman–Crippen LogP) is 7.02. The van der Waals surface area contributed by atoms with E-state index in [1.807, 2.05) is 37.3 Å². The number of hydrogen-bond acceptors (Lipinski definition) is 5. The number of thioether (sulfide) groups is 1. The third kappa shape index (κ3) is 5.48. The third-order valence-corrected chi connectivity index (χ3v) is 6.74. The van der Waals surface area contributed by atoms with Crippen LogP contribution in [0.5, 0.6) is 5.06 Å². The van der Waals surface area contributed by atoms with Crippen molar-refractivity contribution in [2.24, 2.45) is 4.99 Å². The summed E-state index contributed by atoms with van der Waals surface area (Å²) in [6.07, 6.45) is 2.43. The van der Waals surface area contributed by atoms with Crippen molar-refractivity contribution in [3.8, 4) is 5.06 Å². The van der Waals surface area contributed by atoms with Crippen LogP contribution in [0.3, 0.4) is 0 Å². The highest BCUT2D eigenvalue weighted by molar-refractivity contribution is 8.00. The van der Waals surface area contributed by atoms with Crippen molar-refractivity contribution in [3.63, 3.8) is 0 Å². The van der Waals surface area contributed by atoms with E-state index in [0.29, 0.717) is 15.7 Å². The second-order valence-corrected chi connectivity index (χ2v) is 8.83. The molecule has 3 aromatic rings. The van der Waals surface area contributed by atoms with Crippen LogP contribution in [0.25, 0.3) is 0 Å². The number of rotatable bonds is 7. The van der Waals surface area contributed by atoms with Crippen LogP contribution < -0.4 is 0 Å². The molecule has 0 radical (unpaired) electrons. The number of halogens is 2. The maximum atomic E-state index is 10.2. The number of hydrogen-bond donors (Lipinski definition) is 1. The molecule has 1 heterocycles. The largest absolute Gasteiger partial charge is 0.498 e. The number of benzene rings is 2. The van der Waals surface area contributed by atoms with Crippen molar-refractivity contribution >= 4 is 52.5 Å². The third-order valence-electron chi connectivity index (χ3n) is 3.91. The predicted molar refractivity (Wildman–Crippen MR) is 117 cm³/mol. The zero-order valence-corrected chi connectivity index (χ0v) is 17.7. The molecule has 0 saturated heterocycles. The minimum absolute atomic E-state index is 0.0683. The Balaban J connectivity index is 1.70. The van der Waals surface area contributed by atoms with E-state index < -0.39 is 0 Å². The lowest BCUT2D eigenvalue weighted by molar-refractivity contribution is 0.488. The molecule has 0 aliphatic heterocycles. The Labute approximate surface area is 177 Å². The summed E-state index contributed by atoms with van der Waals surface area (Å²) in [7, 11) is 0. The molecule has 0 spiro atoms. The standard InChI is InChI=1S/C20H18Cl2N2OS2/c1-2-17(14-8-9-15(21)16(22)10-14)23-11-18-19(25)27-20(24-18)26-12-13-6-4-3-5-7-13/h3-11,17,25H,2,12H2,1H3. The van der Waals surface area contributed by atoms with E-state index in [0.717, 1.165) is 22.1 Å². The molecule has 0 bridgehead atoms. The molecule has 0 saturated carbocycles. The lowest BCUT2D eigenvalue weighted by Gasteiger charge is -2.10. The van der Waals surface area contributed by atoms with Crippen molar-refractivity contribution in [1.29, 1.82) is 0 Å². The maximum absolute atomic E-state index is 10.2. The minimum atomic E-state index is -0.0683. The van der Waals surface area contributed by atoms with E-state index in [2.05, 4.69) is 22.1 Å². The van der Waals surface area contributed by atoms with E-state index in [1.54, 1.807) is 24.0 Å². The molecule has 7 heteroatoms. The average Bonchev–Trinajstić information content (AvgIpc) is 3.04. The Morgan fingerprint density at radius 3 is 2.67 bits per heavy atom. The van der Waals surface area contributed by atoms with E-state index >= 15 is 0 Å². The first-order valence-electron chi connectivity index (χ1n) is 8.41. The number of aromatic hydroxyl groups is 1. The smallest absolute Gasteiger partial charge is 0.201 e. The highest BCUT2D eigenvalue weighted by Crippen LogP contribution is 2.34. The summed E-state index contributed by atoms with van der Waals surface area (Å²) in [5.74, 6) is 0.811. The van der Waals surface area contributed by atoms with E-state index in [4.69, 9.17) is 23.2 Å². The second kappa shape index (κ2) is 9.60. The lowest BCUT2D eigenvalue weighted by atomic mass is 10.1. The zero-order chi connectivity index (χ0) is 19.2. The first-order chi connectivity index (χ1) is 13.1. The average molecular weight is 437 g/mol. The molecule has 27 heavy (non-hydrogen) atoms. The van der Waals surface area contributed by atoms with E-state index in [-0.39, 0.29) is 11.1 Å². The van der Waals surface area contributed by atoms with Gasteiger partial charge in [-0.25, -0.2) is 4.98 Å². The molecule has 1 atom stereocenters. The van der Waals surface area contributed by atoms with Crippen molar-refractivity contribution in [1.82, 2.24) is 4.98 Å². The van der Waals surface area contributed by atoms with Gasteiger partial charge in [-0.1, -0.05) is 89.6 Å². The van der Waals surface area contributed by atoms with Crippen LogP contribution >= 0.6 is 46.3 Å². The van der Waals surface area contributed by atoms with Gasteiger partial charge in [-0.3, -0.25) is 4.99 Å². The highest BCUT2D eigenvalue weighted by atomic mass is 35.5. The molecule has 3 rings (SSSR count). The molecule has 0 amide bonds. The van der Waals surface area contributed by atoms with Crippen LogP contribution in [0.2, 0.25) is 10.0 Å². The van der Waals surface area contributed by atoms with Gasteiger partial charge in [-0.15, -0.1) is 0 Å². The summed E-state index contributed by atoms with van der Waals surface area (Å²) in [4.78, 5) is 9.09. The molecular formula is C20H18Cl2N2OS2. The summed E-state index contributed by atoms with van der Waals surface area (Å²) in [5.41, 5.74) is 2.70. The van der Waals surface area contributed by atoms with Gasteiger partial charge in [0.15, 0.2) is 4.34 Å². The maximum Gasteiger partial charge on any atom is 0.201 e. The number of nitrogens with zero attached hydrogens (tertiary/aromatic N) is 2. The Morgan fingerprint density at radius 2 is 1.96 bits per heavy atom. The molecule has 3 nitrogen and oxygen atoms in total. The fourth-order valence-corrected chi connectivity index (χ4v) is 4.59. The molecule has 1 unspecified atom stereocenters. The van der Waals surface area contributed by atoms with Gasteiger partial charge < -0.3 is 5.11 Å². The summed E-state index contributed by atoms with van der Waals surface area (Å²) in [6.45, 7) is 2.05. The Morgan fingerprint density at radius 1 is 1.19 bits per heavy atom. The normalized spacial score (nSPS) is 12.6. The summed E-state index contributed by atoms with van der Waals surface area (Å²) < 4.78 is 0.820. The Kier molecular flexibility index (Phi) is 7.19. The molecule has 1 aromatic heterocycles. The lowest BCUT2D eigenvalue weighted by Crippen LogP contribution is -1.95. The number of thiazole rings is 1. The SMILES string of the molecule is CCC(N=Cc1nc(SCc2ccccc2)sc1O)c1ccc(Cl)c(Cl)c1. The molecule has 140 valence electrons. The summed E-state index contributed by atoms with van der Waals surface area (Å²) >= 11 is 15.0. The van der Waals surface area contributed by atoms with E-state index in [9.17, 15) is 5.11 Å². The number of aromatic nitrogens is 1. The minimum Gasteiger partial charge on any atom is -0.498 e. The van der Waals surface area contributed by atoms with Crippen LogP contribution in [0.1, 0.15) is 36.2 Å². The van der Waals surface area contributed by atoms with Gasteiger partial charge in [0.05, 0.1) is 22.3 Å². The first kappa shape index (κ1) is 20.2. The van der Waals surface area contributed by atoms with E-state index in [1.165, 1.54) is 16.9 Å². The topological polar surface area (TPSA) is 45.5 Å². The zero-order valence-electron chi connectivity index (χ0n) is 14.6. The molecule has 0 aliphatic rings. The van der Waals surface area contributed by atoms with Gasteiger partial charge >= 0.3 is 0 Å². The van der Waals surface area contributed by atoms with Crippen LogP contribution in [0, 0.1) is 0 Å². The van der Waals surface area contributed by atoms with Crippen LogP contribution in [0.4, 0.5) is 0 Å². The molecule has 2 aromatic carbocycles. The van der Waals surface area contributed by atoms with Crippen LogP contribution in [-0.4, -0.2) is 16.3 Å². The fraction of sp³-hybridized carbons (Fsp3) is 0.200. The van der Waals surface area contributed by atoms with Gasteiger partial charge in [-0.05, 0) is 29.7 Å². The Bertz CT molecular complexity index is 929. The summed E-state index contributed by atoms with van der Waals surface area (Å²) in [6, 6.07) is 15.6. The number of aliphatic imine (C=N–C) groups is 1. The highest BCUT2D eigenvalue weighted by Gasteiger charge is 2.12. The van der Waals surface area contributed by atoms with Gasteiger partial charge in [0.1, 0.15) is 5.69 Å². The van der Waals surface area contributed by atoms with Gasteiger partial charge in [0.2, 0.25) is 5.06 Å². The van der Waals surface area contributed by atoms with Crippen molar-refractivity contribution in [3.05, 3.63) is 75.4 Å². The van der Waals surface area contributed by atoms with Gasteiger partial charge in [0.25, 0.3) is 0 Å². The van der Waals surface area contributed by atoms with Crippen LogP contribution in [-0.2, 0) is 5.75 Å². The van der Waals surface area contributed by atoms with Crippen molar-refractivity contribution < 1.29 is 5.11 Å². The van der Waals surface area contributed by atoms with Crippen LogP contribution in [0.15, 0.2) is 57.9 Å². The fourth-order valence-electron chi connectivity index (χ4n) is 2.48. The monoisotopic (exact) mass is 436 g/mol. The summed E-state index contributed by atoms with van der Waals surface area (Å²) in [5, 5.41) is 11.4. The molecular weight excluding hydrogens is 419 g/mol. The van der Waals surface area contributed by atoms with Crippen molar-refractivity contribution in [2.45, 2.75) is 29.5 Å². The molecule has 0 fully saturated rings. The quantitative estimate of drug-likeness (QED) is 0.319. The second-order valence-electron chi connectivity index (χ2n) is 5.82. The van der Waals surface area contributed by atoms with Crippen molar-refractivity contribution in [2.75, 3.05) is 0 Å². The van der Waals surface area contributed by atoms with Gasteiger partial charge in [-0.2, -0.15) is 0 Å². The molecule has 1 N–H and O–H groups in total. The first-order valence-corrected chi connectivity index (χ1v) is 11.0. The van der Waals surface area contributed by atoms with Gasteiger partial charge in [0, 0.05) is 5.75 Å². The Hall–Kier alpha value is -1.53.